The van der Waals surface area contributed by atoms with Gasteiger partial charge in [-0.3, -0.25) is 19.2 Å². The Morgan fingerprint density at radius 1 is 0.326 bits per heavy atom. The second-order valence-electron chi connectivity index (χ2n) is 31.4. The molecule has 2 aliphatic rings. The third-order valence-corrected chi connectivity index (χ3v) is 23.7. The van der Waals surface area contributed by atoms with E-state index in [0.717, 1.165) is 154 Å². The zero-order valence-corrected chi connectivity index (χ0v) is 73.0. The molecule has 0 fully saturated rings. The number of nitrogens with two attached hydrogens (primary N) is 4. The Kier molecular flexibility index (Phi) is 25.6. The van der Waals surface area contributed by atoms with Crippen LogP contribution in [0.2, 0.25) is 0 Å². The van der Waals surface area contributed by atoms with Crippen LogP contribution < -0.4 is 76.5 Å². The molecule has 0 unspecified atom stereocenters. The first-order valence-electron chi connectivity index (χ1n) is 41.8. The van der Waals surface area contributed by atoms with E-state index in [4.69, 9.17) is 51.4 Å². The van der Waals surface area contributed by atoms with Crippen molar-refractivity contribution in [2.45, 2.75) is 64.7 Å². The maximum atomic E-state index is 12.4. The molecule has 4 aromatic heterocycles. The minimum absolute atomic E-state index is 0. The predicted molar refractivity (Wildman–Crippen MR) is 492 cm³/mol. The van der Waals surface area contributed by atoms with Gasteiger partial charge in [-0.2, -0.15) is 0 Å². The Balaban J connectivity index is 0.000000126. The topological polar surface area (TPSA) is 359 Å². The SMILES string of the molecule is COC(=O)COc1cc2c(c3c1c1c(C(N)=O)cccc1n3Cc1ccccc1)CCC2.COC(=O)COc1cc2ccccc2c2c1c1c(C(N)=O)cccc1n2Cc1ccccc1.NC(=O)c1cccc2c1c1c(OCC(=O)O)cc3ccccc3c1n2Cc1ccccc1.NC(=O)c1cccc2c1c1c(OCC(=O)[O-])cc3c(c1n2Cc1ccccc1)CCC3.[Na+]. The first-order valence-corrected chi connectivity index (χ1v) is 41.8. The van der Waals surface area contributed by atoms with Gasteiger partial charge in [0.2, 0.25) is 23.6 Å². The van der Waals surface area contributed by atoms with Crippen molar-refractivity contribution in [3.8, 4) is 23.0 Å². The van der Waals surface area contributed by atoms with Crippen LogP contribution in [0.25, 0.3) is 109 Å². The first-order chi connectivity index (χ1) is 62.2. The second-order valence-corrected chi connectivity index (χ2v) is 31.4. The van der Waals surface area contributed by atoms with Crippen molar-refractivity contribution in [3.63, 3.8) is 0 Å². The normalized spacial score (nSPS) is 11.9. The van der Waals surface area contributed by atoms with Crippen molar-refractivity contribution in [2.24, 2.45) is 22.9 Å². The van der Waals surface area contributed by atoms with E-state index in [1.807, 2.05) is 206 Å². The van der Waals surface area contributed by atoms with E-state index >= 15 is 0 Å². The number of fused-ring (bicyclic) bond motifs is 20. The standard InChI is InChI=1S/C27H22N2O4.C26H24N2O4.C26H20N2O4.C25H22N2O4.Na/c1-32-23(30)16-33-22-14-18-10-5-6-11-19(18)26-25(22)24-20(27(28)31)12-7-13-21(24)29(26)15-17-8-3-2-4-9-17;1-31-22(29)15-32-21-13-17-9-5-10-18(17)25-24(21)23-19(26(27)30)11-6-12-20(23)28(25)14-16-7-3-2-4-8-16;27-26(31)19-11-6-12-20-23(19)24-21(32-15-22(29)30)13-17-9-4-5-10-18(17)25(24)28(20)14-16-7-2-1-3-8-16;26-25(30)18-10-5-11-19-22(18)23-20(31-14-21(28)29)12-16-8-4-9-17(16)24(23)27(19)13-15-6-2-1-3-7-15;/h2-14H,15-16H2,1H3,(H2,28,31);2-4,6-8,11-13H,5,9-10,14-15H2,1H3,(H2,27,30);1-13H,14-15H2,(H2,27,31)(H,29,30);1-3,5-7,10-12H,4,8-9,13-14H2,(H2,26,30)(H,28,29);/q;;;;+1/p-1. The number of carboxylic acids is 2. The van der Waals surface area contributed by atoms with Gasteiger partial charge in [-0.1, -0.05) is 194 Å². The quantitative estimate of drug-likeness (QED) is 0.0277. The van der Waals surface area contributed by atoms with Gasteiger partial charge in [-0.25, -0.2) is 14.4 Å². The number of aryl methyl sites for hydroxylation is 4. The Hall–Kier alpha value is -15.2. The number of carbonyl (C=O) groups excluding carboxylic acids is 7. The van der Waals surface area contributed by atoms with Gasteiger partial charge in [0.05, 0.1) is 85.9 Å². The molecule has 14 aromatic carbocycles. The maximum Gasteiger partial charge on any atom is 1.00 e. The number of esters is 2. The zero-order valence-electron chi connectivity index (χ0n) is 71.0. The van der Waals surface area contributed by atoms with Crippen LogP contribution in [0, 0.1) is 0 Å². The van der Waals surface area contributed by atoms with E-state index in [-0.39, 0.29) is 42.8 Å². The molecule has 2 aliphatic carbocycles. The molecule has 0 spiro atoms. The molecular formula is C104H87N8NaO16. The van der Waals surface area contributed by atoms with Crippen molar-refractivity contribution >= 4 is 156 Å². The number of ether oxygens (including phenoxy) is 6. The van der Waals surface area contributed by atoms with E-state index in [2.05, 4.69) is 54.7 Å². The van der Waals surface area contributed by atoms with E-state index in [0.29, 0.717) is 93.0 Å². The number of rotatable bonds is 24. The van der Waals surface area contributed by atoms with Crippen molar-refractivity contribution < 1.29 is 107 Å². The van der Waals surface area contributed by atoms with Crippen molar-refractivity contribution in [3.05, 3.63) is 334 Å². The van der Waals surface area contributed by atoms with Crippen LogP contribution in [-0.4, -0.2) is 112 Å². The Labute approximate surface area is 760 Å². The fourth-order valence-electron chi connectivity index (χ4n) is 18.4. The minimum atomic E-state index is -1.29. The van der Waals surface area contributed by atoms with Crippen LogP contribution in [0.1, 0.15) is 98.8 Å². The number of amides is 4. The van der Waals surface area contributed by atoms with Gasteiger partial charge in [-0.15, -0.1) is 0 Å². The van der Waals surface area contributed by atoms with Crippen LogP contribution in [0.5, 0.6) is 23.0 Å². The fourth-order valence-corrected chi connectivity index (χ4v) is 18.4. The molecule has 25 heteroatoms. The van der Waals surface area contributed by atoms with Gasteiger partial charge in [0.15, 0.2) is 19.8 Å². The second kappa shape index (κ2) is 37.9. The maximum absolute atomic E-state index is 12.4. The molecule has 0 radical (unpaired) electrons. The summed E-state index contributed by atoms with van der Waals surface area (Å²) in [4.78, 5) is 95.5. The number of primary amides is 4. The van der Waals surface area contributed by atoms with Crippen molar-refractivity contribution in [2.75, 3.05) is 40.6 Å². The van der Waals surface area contributed by atoms with Gasteiger partial charge in [0.1, 0.15) is 29.6 Å². The molecule has 0 atom stereocenters. The van der Waals surface area contributed by atoms with Gasteiger partial charge in [0.25, 0.3) is 0 Å². The predicted octanol–water partition coefficient (Wildman–Crippen LogP) is 12.8. The zero-order chi connectivity index (χ0) is 89.0. The molecule has 0 saturated carbocycles. The van der Waals surface area contributed by atoms with Crippen LogP contribution >= 0.6 is 0 Å². The van der Waals surface area contributed by atoms with E-state index in [1.165, 1.54) is 30.9 Å². The number of hydrogen-bond donors (Lipinski definition) is 5. The number of aromatic nitrogens is 4. The first kappa shape index (κ1) is 87.2. The van der Waals surface area contributed by atoms with Gasteiger partial charge < -0.3 is 84.6 Å². The number of methoxy groups -OCH3 is 2. The van der Waals surface area contributed by atoms with Gasteiger partial charge in [0, 0.05) is 80.8 Å². The molecular weight excluding hydrogens is 1640 g/mol. The van der Waals surface area contributed by atoms with E-state index in [9.17, 15) is 48.6 Å². The van der Waals surface area contributed by atoms with Crippen LogP contribution in [-0.2, 0) is 80.5 Å². The van der Waals surface area contributed by atoms with Gasteiger partial charge >= 0.3 is 47.5 Å². The number of hydrogen-bond acceptors (Lipinski definition) is 15. The number of nitrogens with zero attached hydrogens (tertiary/aromatic N) is 4. The molecule has 0 bridgehead atoms. The summed E-state index contributed by atoms with van der Waals surface area (Å²) in [6.45, 7) is 0.927. The molecule has 4 heterocycles. The Morgan fingerprint density at radius 3 is 0.907 bits per heavy atom. The number of carboxylic acid groups (broad SMARTS) is 2. The van der Waals surface area contributed by atoms with Crippen LogP contribution in [0.4, 0.5) is 0 Å². The molecule has 0 saturated heterocycles. The average Bonchev–Trinajstić information content (AvgIpc) is 1.58. The molecule has 4 amide bonds. The monoisotopic (exact) mass is 1730 g/mol. The molecule has 24 nitrogen and oxygen atoms in total. The Bertz CT molecular complexity index is 7490. The summed E-state index contributed by atoms with van der Waals surface area (Å²) in [5.41, 5.74) is 41.3. The summed E-state index contributed by atoms with van der Waals surface area (Å²) in [5.74, 6) is -3.47. The fraction of sp³-hybridized carbons (Fsp3) is 0.154. The summed E-state index contributed by atoms with van der Waals surface area (Å²) in [6.07, 6.45) is 5.81. The van der Waals surface area contributed by atoms with Crippen LogP contribution in [0.3, 0.4) is 0 Å². The summed E-state index contributed by atoms with van der Waals surface area (Å²) in [7, 11) is 2.65. The van der Waals surface area contributed by atoms with Crippen molar-refractivity contribution in [1.82, 2.24) is 18.3 Å². The Morgan fingerprint density at radius 2 is 0.605 bits per heavy atom. The largest absolute Gasteiger partial charge is 1.00 e. The molecule has 129 heavy (non-hydrogen) atoms. The molecule has 18 aromatic rings. The molecule has 9 N–H and O–H groups in total. The van der Waals surface area contributed by atoms with Crippen LogP contribution in [0.15, 0.2) is 267 Å². The summed E-state index contributed by atoms with van der Waals surface area (Å²) >= 11 is 0. The number of benzene rings is 14. The molecule has 640 valence electrons. The summed E-state index contributed by atoms with van der Waals surface area (Å²) in [5, 5.41) is 30.0. The van der Waals surface area contributed by atoms with Crippen molar-refractivity contribution in [1.29, 1.82) is 0 Å². The van der Waals surface area contributed by atoms with E-state index in [1.54, 1.807) is 24.3 Å². The minimum Gasteiger partial charge on any atom is -0.546 e. The summed E-state index contributed by atoms with van der Waals surface area (Å²) in [6, 6.07) is 86.0. The third-order valence-electron chi connectivity index (χ3n) is 23.7. The number of carbonyl (C=O) groups is 8. The summed E-state index contributed by atoms with van der Waals surface area (Å²) < 4.78 is 41.6. The van der Waals surface area contributed by atoms with E-state index < -0.39 is 60.7 Å². The molecule has 0 aliphatic heterocycles. The number of aliphatic carboxylic acids is 2. The smallest absolute Gasteiger partial charge is 0.546 e. The average molecular weight is 1730 g/mol. The molecule has 20 rings (SSSR count). The van der Waals surface area contributed by atoms with Gasteiger partial charge in [-0.05, 0) is 167 Å². The third kappa shape index (κ3) is 17.3.